The quantitative estimate of drug-likeness (QED) is 0.813. The van der Waals surface area contributed by atoms with Crippen LogP contribution in [-0.4, -0.2) is 30.3 Å². The lowest BCUT2D eigenvalue weighted by Crippen LogP contribution is -2.44. The lowest BCUT2D eigenvalue weighted by atomic mass is 10.0. The molecular formula is C21H22N2O3. The molecule has 0 radical (unpaired) electrons. The Labute approximate surface area is 152 Å². The van der Waals surface area contributed by atoms with Gasteiger partial charge in [0.1, 0.15) is 11.5 Å². The van der Waals surface area contributed by atoms with Crippen molar-refractivity contribution in [3.8, 4) is 11.5 Å². The van der Waals surface area contributed by atoms with E-state index in [4.69, 9.17) is 4.74 Å². The van der Waals surface area contributed by atoms with E-state index in [2.05, 4.69) is 10.6 Å². The van der Waals surface area contributed by atoms with Crippen molar-refractivity contribution >= 4 is 11.7 Å². The second-order valence-corrected chi connectivity index (χ2v) is 7.10. The van der Waals surface area contributed by atoms with Crippen molar-refractivity contribution in [1.82, 2.24) is 10.6 Å². The standard InChI is InChI=1S/C21H22N2O3/c1-13(24)18-4-2-3-5-20(18)26-17-8-6-14(7-9-17)21(25)23-19-11-16-10-15(19)12-22-16/h2-9,15-16,19,22H,10-12H2,1H3,(H,23,25). The smallest absolute Gasteiger partial charge is 0.251 e. The van der Waals surface area contributed by atoms with E-state index in [1.54, 1.807) is 36.4 Å². The molecule has 1 heterocycles. The first-order chi connectivity index (χ1) is 12.6. The normalized spacial score (nSPS) is 23.7. The van der Waals surface area contributed by atoms with Crippen molar-refractivity contribution in [2.24, 2.45) is 5.92 Å². The summed E-state index contributed by atoms with van der Waals surface area (Å²) >= 11 is 0. The summed E-state index contributed by atoms with van der Waals surface area (Å²) in [5.74, 6) is 1.58. The van der Waals surface area contributed by atoms with Gasteiger partial charge in [0.25, 0.3) is 5.91 Å². The number of carbonyl (C=O) groups excluding carboxylic acids is 2. The van der Waals surface area contributed by atoms with Gasteiger partial charge in [-0.1, -0.05) is 12.1 Å². The molecule has 0 aromatic heterocycles. The molecule has 2 aromatic rings. The van der Waals surface area contributed by atoms with Crippen LogP contribution in [0.15, 0.2) is 48.5 Å². The zero-order valence-electron chi connectivity index (χ0n) is 14.7. The first-order valence-electron chi connectivity index (χ1n) is 9.02. The minimum atomic E-state index is -0.0445. The number of hydrogen-bond donors (Lipinski definition) is 2. The maximum absolute atomic E-state index is 12.5. The zero-order chi connectivity index (χ0) is 18.1. The van der Waals surface area contributed by atoms with Gasteiger partial charge >= 0.3 is 0 Å². The van der Waals surface area contributed by atoms with Crippen LogP contribution in [0.4, 0.5) is 0 Å². The van der Waals surface area contributed by atoms with Gasteiger partial charge in [-0.15, -0.1) is 0 Å². The van der Waals surface area contributed by atoms with Gasteiger partial charge in [-0.25, -0.2) is 0 Å². The molecule has 2 N–H and O–H groups in total. The number of nitrogens with one attached hydrogen (secondary N) is 2. The van der Waals surface area contributed by atoms with Crippen molar-refractivity contribution in [3.05, 3.63) is 59.7 Å². The summed E-state index contributed by atoms with van der Waals surface area (Å²) < 4.78 is 5.82. The monoisotopic (exact) mass is 350 g/mol. The average molecular weight is 350 g/mol. The fourth-order valence-electron chi connectivity index (χ4n) is 3.91. The zero-order valence-corrected chi connectivity index (χ0v) is 14.7. The third kappa shape index (κ3) is 3.35. The molecule has 1 saturated heterocycles. The molecule has 5 heteroatoms. The van der Waals surface area contributed by atoms with Crippen molar-refractivity contribution in [2.45, 2.75) is 31.8 Å². The van der Waals surface area contributed by atoms with Crippen LogP contribution >= 0.6 is 0 Å². The highest BCUT2D eigenvalue weighted by molar-refractivity contribution is 5.97. The van der Waals surface area contributed by atoms with Gasteiger partial charge < -0.3 is 15.4 Å². The van der Waals surface area contributed by atoms with E-state index in [0.29, 0.717) is 34.6 Å². The molecule has 2 bridgehead atoms. The number of Topliss-reactive ketones (excluding diaryl/α,β-unsaturated/α-hetero) is 1. The molecule has 3 unspecified atom stereocenters. The molecule has 2 aliphatic rings. The minimum Gasteiger partial charge on any atom is -0.457 e. The van der Waals surface area contributed by atoms with Crippen LogP contribution in [0.3, 0.4) is 0 Å². The molecule has 1 amide bonds. The Morgan fingerprint density at radius 1 is 1.08 bits per heavy atom. The first kappa shape index (κ1) is 16.8. The Morgan fingerprint density at radius 2 is 1.85 bits per heavy atom. The van der Waals surface area contributed by atoms with Crippen molar-refractivity contribution in [3.63, 3.8) is 0 Å². The SMILES string of the molecule is CC(=O)c1ccccc1Oc1ccc(C(=O)NC2CC3CC2CN3)cc1. The van der Waals surface area contributed by atoms with Crippen LogP contribution < -0.4 is 15.4 Å². The summed E-state index contributed by atoms with van der Waals surface area (Å²) in [5.41, 5.74) is 1.16. The lowest BCUT2D eigenvalue weighted by molar-refractivity contribution is 0.0924. The fraction of sp³-hybridized carbons (Fsp3) is 0.333. The number of ether oxygens (including phenoxy) is 1. The van der Waals surface area contributed by atoms with Gasteiger partial charge in [0.2, 0.25) is 0 Å². The van der Waals surface area contributed by atoms with Crippen LogP contribution in [-0.2, 0) is 0 Å². The fourth-order valence-corrected chi connectivity index (χ4v) is 3.91. The van der Waals surface area contributed by atoms with Crippen LogP contribution in [0, 0.1) is 5.92 Å². The van der Waals surface area contributed by atoms with E-state index in [9.17, 15) is 9.59 Å². The maximum Gasteiger partial charge on any atom is 0.251 e. The molecule has 0 spiro atoms. The number of para-hydroxylation sites is 1. The van der Waals surface area contributed by atoms with Crippen molar-refractivity contribution < 1.29 is 14.3 Å². The first-order valence-corrected chi connectivity index (χ1v) is 9.02. The second-order valence-electron chi connectivity index (χ2n) is 7.10. The largest absolute Gasteiger partial charge is 0.457 e. The van der Waals surface area contributed by atoms with Crippen LogP contribution in [0.1, 0.15) is 40.5 Å². The molecule has 1 aliphatic heterocycles. The molecule has 4 rings (SSSR count). The Hall–Kier alpha value is -2.66. The minimum absolute atomic E-state index is 0.0433. The Balaban J connectivity index is 1.42. The van der Waals surface area contributed by atoms with Gasteiger partial charge in [-0.2, -0.15) is 0 Å². The summed E-state index contributed by atoms with van der Waals surface area (Å²) in [4.78, 5) is 24.2. The van der Waals surface area contributed by atoms with Crippen LogP contribution in [0.2, 0.25) is 0 Å². The Bertz CT molecular complexity index is 831. The van der Waals surface area contributed by atoms with E-state index < -0.39 is 0 Å². The summed E-state index contributed by atoms with van der Waals surface area (Å²) in [6.45, 7) is 2.51. The highest BCUT2D eigenvalue weighted by Crippen LogP contribution is 2.31. The molecule has 3 atom stereocenters. The third-order valence-corrected chi connectivity index (χ3v) is 5.29. The topological polar surface area (TPSA) is 67.4 Å². The van der Waals surface area contributed by atoms with E-state index in [-0.39, 0.29) is 17.7 Å². The molecular weight excluding hydrogens is 328 g/mol. The molecule has 1 aliphatic carbocycles. The summed E-state index contributed by atoms with van der Waals surface area (Å²) in [7, 11) is 0. The van der Waals surface area contributed by atoms with Crippen molar-refractivity contribution in [2.75, 3.05) is 6.54 Å². The van der Waals surface area contributed by atoms with Crippen LogP contribution in [0.5, 0.6) is 11.5 Å². The van der Waals surface area contributed by atoms with Gasteiger partial charge in [-0.05, 0) is 62.1 Å². The number of hydrogen-bond acceptors (Lipinski definition) is 4. The number of piperidine rings is 1. The Morgan fingerprint density at radius 3 is 2.50 bits per heavy atom. The van der Waals surface area contributed by atoms with E-state index in [0.717, 1.165) is 19.4 Å². The number of amides is 1. The molecule has 5 nitrogen and oxygen atoms in total. The predicted octanol–water partition coefficient (Wildman–Crippen LogP) is 3.16. The van der Waals surface area contributed by atoms with E-state index in [1.807, 2.05) is 12.1 Å². The molecule has 134 valence electrons. The molecule has 1 saturated carbocycles. The number of rotatable bonds is 5. The Kier molecular flexibility index (Phi) is 4.47. The molecule has 2 aromatic carbocycles. The van der Waals surface area contributed by atoms with Gasteiger partial charge in [0.05, 0.1) is 5.56 Å². The number of ketones is 1. The average Bonchev–Trinajstić information content (AvgIpc) is 3.25. The lowest BCUT2D eigenvalue weighted by Gasteiger charge is -2.23. The van der Waals surface area contributed by atoms with Crippen LogP contribution in [0.25, 0.3) is 0 Å². The maximum atomic E-state index is 12.5. The molecule has 2 fully saturated rings. The van der Waals surface area contributed by atoms with Gasteiger partial charge in [0, 0.05) is 24.2 Å². The highest BCUT2D eigenvalue weighted by Gasteiger charge is 2.40. The number of fused-ring (bicyclic) bond motifs is 2. The second kappa shape index (κ2) is 6.92. The summed E-state index contributed by atoms with van der Waals surface area (Å²) in [6.07, 6.45) is 2.17. The number of benzene rings is 2. The summed E-state index contributed by atoms with van der Waals surface area (Å²) in [5, 5.41) is 6.61. The third-order valence-electron chi connectivity index (χ3n) is 5.29. The van der Waals surface area contributed by atoms with Crippen molar-refractivity contribution in [1.29, 1.82) is 0 Å². The molecule has 26 heavy (non-hydrogen) atoms. The number of carbonyl (C=O) groups is 2. The van der Waals surface area contributed by atoms with E-state index in [1.165, 1.54) is 6.92 Å². The van der Waals surface area contributed by atoms with Gasteiger partial charge in [0.15, 0.2) is 5.78 Å². The van der Waals surface area contributed by atoms with E-state index >= 15 is 0 Å². The van der Waals surface area contributed by atoms with Gasteiger partial charge in [-0.3, -0.25) is 9.59 Å². The summed E-state index contributed by atoms with van der Waals surface area (Å²) in [6, 6.07) is 15.0. The predicted molar refractivity (Wildman–Crippen MR) is 98.7 cm³/mol. The highest BCUT2D eigenvalue weighted by atomic mass is 16.5.